The Morgan fingerprint density at radius 2 is 1.90 bits per heavy atom. The zero-order valence-electron chi connectivity index (χ0n) is 12.6. The maximum Gasteiger partial charge on any atom is 0.194 e. The third kappa shape index (κ3) is 1.31. The average Bonchev–Trinajstić information content (AvgIpc) is 2.92. The van der Waals surface area contributed by atoms with Gasteiger partial charge < -0.3 is 20.1 Å². The third-order valence-electron chi connectivity index (χ3n) is 7.35. The Morgan fingerprint density at radius 3 is 2.62 bits per heavy atom. The zero-order chi connectivity index (χ0) is 15.0. The molecule has 0 aromatic heterocycles. The molecule has 21 heavy (non-hydrogen) atoms. The standard InChI is InChI=1S/C16H25NO4/c1-10-8-12(18)15-4-2-6-17(21)7-3-5-16(15,17)13(19)9-11(15)14(10)20/h10-12,14,18,20H,2-9H2,1H3. The van der Waals surface area contributed by atoms with Gasteiger partial charge in [0.25, 0.3) is 0 Å². The predicted molar refractivity (Wildman–Crippen MR) is 75.9 cm³/mol. The average molecular weight is 295 g/mol. The molecule has 2 spiro atoms. The van der Waals surface area contributed by atoms with Crippen molar-refractivity contribution in [2.75, 3.05) is 13.1 Å². The van der Waals surface area contributed by atoms with Crippen LogP contribution in [0.3, 0.4) is 0 Å². The molecule has 7 atom stereocenters. The van der Waals surface area contributed by atoms with Crippen molar-refractivity contribution in [2.45, 2.75) is 63.2 Å². The lowest BCUT2D eigenvalue weighted by molar-refractivity contribution is -0.924. The summed E-state index contributed by atoms with van der Waals surface area (Å²) < 4.78 is -0.430. The largest absolute Gasteiger partial charge is 0.632 e. The summed E-state index contributed by atoms with van der Waals surface area (Å²) >= 11 is 0. The summed E-state index contributed by atoms with van der Waals surface area (Å²) in [7, 11) is 0. The van der Waals surface area contributed by atoms with E-state index in [9.17, 15) is 20.2 Å². The topological polar surface area (TPSA) is 80.6 Å². The molecule has 4 aliphatic rings. The number of hydrogen-bond donors (Lipinski definition) is 2. The maximum absolute atomic E-state index is 13.4. The maximum atomic E-state index is 13.4. The van der Waals surface area contributed by atoms with E-state index in [4.69, 9.17) is 0 Å². The molecular weight excluding hydrogens is 270 g/mol. The van der Waals surface area contributed by atoms with E-state index in [1.165, 1.54) is 0 Å². The Bertz CT molecular complexity index is 497. The van der Waals surface area contributed by atoms with Gasteiger partial charge in [-0.05, 0) is 25.2 Å². The van der Waals surface area contributed by atoms with Crippen molar-refractivity contribution in [2.24, 2.45) is 17.3 Å². The van der Waals surface area contributed by atoms with Crippen LogP contribution in [0.1, 0.15) is 45.4 Å². The van der Waals surface area contributed by atoms with E-state index < -0.39 is 27.8 Å². The second-order valence-corrected chi connectivity index (χ2v) is 7.90. The molecule has 2 heterocycles. The van der Waals surface area contributed by atoms with Gasteiger partial charge >= 0.3 is 0 Å². The van der Waals surface area contributed by atoms with Crippen molar-refractivity contribution in [1.29, 1.82) is 0 Å². The van der Waals surface area contributed by atoms with E-state index in [2.05, 4.69) is 0 Å². The third-order valence-corrected chi connectivity index (χ3v) is 7.35. The molecule has 0 aromatic rings. The number of aliphatic hydroxyl groups excluding tert-OH is 2. The number of carbonyl (C=O) groups excluding carboxylic acids is 1. The fourth-order valence-corrected chi connectivity index (χ4v) is 6.62. The number of quaternary nitrogens is 1. The Hall–Kier alpha value is -0.490. The molecule has 2 saturated carbocycles. The highest BCUT2D eigenvalue weighted by molar-refractivity contribution is 5.92. The fraction of sp³-hybridized carbons (Fsp3) is 0.938. The summed E-state index contributed by atoms with van der Waals surface area (Å²) in [6.45, 7) is 2.93. The summed E-state index contributed by atoms with van der Waals surface area (Å²) in [5.74, 6) is -0.212. The molecule has 2 N–H and O–H groups in total. The van der Waals surface area contributed by atoms with Gasteiger partial charge in [0.1, 0.15) is 0 Å². The molecule has 5 heteroatoms. The molecule has 118 valence electrons. The molecule has 4 rings (SSSR count). The van der Waals surface area contributed by atoms with E-state index in [1.54, 1.807) is 0 Å². The van der Waals surface area contributed by atoms with Crippen molar-refractivity contribution in [3.05, 3.63) is 5.21 Å². The van der Waals surface area contributed by atoms with E-state index >= 15 is 0 Å². The molecule has 2 saturated heterocycles. The molecule has 0 radical (unpaired) electrons. The van der Waals surface area contributed by atoms with Gasteiger partial charge in [0.2, 0.25) is 0 Å². The summed E-state index contributed by atoms with van der Waals surface area (Å²) in [5, 5.41) is 35.0. The number of aliphatic hydroxyl groups is 2. The van der Waals surface area contributed by atoms with E-state index in [1.807, 2.05) is 6.92 Å². The molecule has 4 fully saturated rings. The van der Waals surface area contributed by atoms with E-state index in [-0.39, 0.29) is 24.0 Å². The number of piperidine rings is 1. The molecule has 0 aromatic carbocycles. The van der Waals surface area contributed by atoms with Gasteiger partial charge in [-0.3, -0.25) is 4.79 Å². The summed E-state index contributed by atoms with van der Waals surface area (Å²) in [4.78, 5) is 12.9. The molecule has 2 aliphatic heterocycles. The fourth-order valence-electron chi connectivity index (χ4n) is 6.62. The first kappa shape index (κ1) is 14.1. The van der Waals surface area contributed by atoms with Gasteiger partial charge in [0.15, 0.2) is 11.3 Å². The van der Waals surface area contributed by atoms with Crippen LogP contribution >= 0.6 is 0 Å². The van der Waals surface area contributed by atoms with Crippen LogP contribution in [0.2, 0.25) is 0 Å². The number of rotatable bonds is 0. The molecule has 0 amide bonds. The lowest BCUT2D eigenvalue weighted by Crippen LogP contribution is -2.74. The number of Topliss-reactive ketones (excluding diaryl/α,β-unsaturated/α-hetero) is 1. The predicted octanol–water partition coefficient (Wildman–Crippen LogP) is 0.964. The van der Waals surface area contributed by atoms with Crippen molar-refractivity contribution in [1.82, 2.24) is 0 Å². The second-order valence-electron chi connectivity index (χ2n) is 7.90. The van der Waals surface area contributed by atoms with Gasteiger partial charge in [0.05, 0.1) is 30.7 Å². The minimum Gasteiger partial charge on any atom is -0.632 e. The Balaban J connectivity index is 1.92. The van der Waals surface area contributed by atoms with E-state index in [0.29, 0.717) is 25.9 Å². The minimum absolute atomic E-state index is 0.00421. The Morgan fingerprint density at radius 1 is 1.24 bits per heavy atom. The second kappa shape index (κ2) is 4.07. The molecule has 7 unspecified atom stereocenters. The molecule has 5 nitrogen and oxygen atoms in total. The van der Waals surface area contributed by atoms with Gasteiger partial charge in [0, 0.05) is 25.2 Å². The van der Waals surface area contributed by atoms with Crippen molar-refractivity contribution in [3.63, 3.8) is 0 Å². The first-order valence-electron chi connectivity index (χ1n) is 8.37. The number of nitrogens with zero attached hydrogens (tertiary/aromatic N) is 1. The Kier molecular flexibility index (Phi) is 2.74. The molecule has 2 aliphatic carbocycles. The first-order valence-corrected chi connectivity index (χ1v) is 8.37. The van der Waals surface area contributed by atoms with Crippen LogP contribution in [0.5, 0.6) is 0 Å². The first-order chi connectivity index (χ1) is 9.89. The highest BCUT2D eigenvalue weighted by atomic mass is 16.6. The number of ketones is 1. The zero-order valence-corrected chi connectivity index (χ0v) is 12.6. The van der Waals surface area contributed by atoms with Crippen LogP contribution in [-0.2, 0) is 4.79 Å². The van der Waals surface area contributed by atoms with Gasteiger partial charge in [-0.15, -0.1) is 0 Å². The van der Waals surface area contributed by atoms with Crippen molar-refractivity contribution in [3.8, 4) is 0 Å². The quantitative estimate of drug-likeness (QED) is 0.515. The SMILES string of the molecule is CC1CC(O)C23CCC[N+]4([O-])CCCC24C(=O)CC3C1O. The smallest absolute Gasteiger partial charge is 0.194 e. The van der Waals surface area contributed by atoms with E-state index in [0.717, 1.165) is 19.3 Å². The van der Waals surface area contributed by atoms with Crippen molar-refractivity contribution < 1.29 is 19.7 Å². The van der Waals surface area contributed by atoms with Gasteiger partial charge in [-0.25, -0.2) is 0 Å². The molecular formula is C16H25NO4. The summed E-state index contributed by atoms with van der Waals surface area (Å²) in [6, 6.07) is 0. The van der Waals surface area contributed by atoms with Crippen LogP contribution in [0, 0.1) is 22.5 Å². The van der Waals surface area contributed by atoms with Crippen LogP contribution < -0.4 is 0 Å². The highest BCUT2D eigenvalue weighted by Gasteiger charge is 2.79. The van der Waals surface area contributed by atoms with Crippen LogP contribution in [0.15, 0.2) is 0 Å². The lowest BCUT2D eigenvalue weighted by Gasteiger charge is -2.64. The van der Waals surface area contributed by atoms with Gasteiger partial charge in [-0.2, -0.15) is 0 Å². The number of hydroxylamine groups is 3. The monoisotopic (exact) mass is 295 g/mol. The van der Waals surface area contributed by atoms with Crippen LogP contribution in [0.4, 0.5) is 0 Å². The summed E-state index contributed by atoms with van der Waals surface area (Å²) in [5.41, 5.74) is -1.64. The van der Waals surface area contributed by atoms with Crippen LogP contribution in [-0.4, -0.2) is 51.5 Å². The van der Waals surface area contributed by atoms with Crippen LogP contribution in [0.25, 0.3) is 0 Å². The molecule has 0 bridgehead atoms. The van der Waals surface area contributed by atoms with Crippen molar-refractivity contribution >= 4 is 5.78 Å². The minimum atomic E-state index is -0.962. The Labute approximate surface area is 125 Å². The highest BCUT2D eigenvalue weighted by Crippen LogP contribution is 2.68. The normalized spacial score (nSPS) is 59.5. The lowest BCUT2D eigenvalue weighted by atomic mass is 9.52. The van der Waals surface area contributed by atoms with Gasteiger partial charge in [-0.1, -0.05) is 6.92 Å². The number of carbonyl (C=O) groups is 1. The summed E-state index contributed by atoms with van der Waals surface area (Å²) in [6.07, 6.45) is 2.44. The number of hydrogen-bond acceptors (Lipinski definition) is 4.